The topological polar surface area (TPSA) is 49.6 Å². The average Bonchev–Trinajstić information content (AvgIpc) is 3.01. The average molecular weight is 367 g/mol. The van der Waals surface area contributed by atoms with E-state index in [2.05, 4.69) is 15.2 Å². The maximum absolute atomic E-state index is 11.9. The molecule has 0 atom stereocenters. The maximum atomic E-state index is 11.9. The highest BCUT2D eigenvalue weighted by Gasteiger charge is 2.09. The molecule has 7 heteroatoms. The third-order valence-electron chi connectivity index (χ3n) is 4.30. The highest BCUT2D eigenvalue weighted by Crippen LogP contribution is 2.22. The molecule has 0 spiro atoms. The number of nitrogens with zero attached hydrogens (tertiary/aromatic N) is 3. The van der Waals surface area contributed by atoms with Gasteiger partial charge in [0.15, 0.2) is 10.1 Å². The summed E-state index contributed by atoms with van der Waals surface area (Å²) >= 11 is 7.62. The molecule has 0 bridgehead atoms. The normalized spacial score (nSPS) is 16.7. The number of rotatable bonds is 6. The van der Waals surface area contributed by atoms with Gasteiger partial charge in [-0.3, -0.25) is 9.20 Å². The zero-order valence-corrected chi connectivity index (χ0v) is 15.3. The van der Waals surface area contributed by atoms with Crippen LogP contribution in [0.25, 0.3) is 11.0 Å². The first-order valence-electron chi connectivity index (χ1n) is 8.53. The second-order valence-electron chi connectivity index (χ2n) is 6.08. The fourth-order valence-corrected chi connectivity index (χ4v) is 4.02. The lowest BCUT2D eigenvalue weighted by molar-refractivity contribution is -0.116. The van der Waals surface area contributed by atoms with Crippen LogP contribution in [0, 0.1) is 0 Å². The minimum Gasteiger partial charge on any atom is -0.353 e. The Bertz CT molecular complexity index is 701. The first-order chi connectivity index (χ1) is 11.7. The van der Waals surface area contributed by atoms with E-state index >= 15 is 0 Å². The van der Waals surface area contributed by atoms with Crippen molar-refractivity contribution in [2.45, 2.75) is 32.1 Å². The Morgan fingerprint density at radius 1 is 1.33 bits per heavy atom. The van der Waals surface area contributed by atoms with E-state index in [4.69, 9.17) is 11.6 Å². The number of hydrogen-bond acceptors (Lipinski definition) is 4. The zero-order chi connectivity index (χ0) is 16.8. The molecule has 0 aliphatic carbocycles. The number of imidazole rings is 1. The number of amides is 1. The van der Waals surface area contributed by atoms with E-state index in [1.165, 1.54) is 56.2 Å². The number of fused-ring (bicyclic) bond motifs is 1. The Kier molecular flexibility index (Phi) is 6.29. The standard InChI is InChI=1S/C17H23ClN4OS/c18-16-14(22-12-13-24-17(22)20-16)6-7-15(23)19-8-5-11-21-9-3-1-2-4-10-21/h6-7,12-13H,1-5,8-11H2,(H,19,23). The predicted octanol–water partition coefficient (Wildman–Crippen LogP) is 3.44. The molecular weight excluding hydrogens is 344 g/mol. The van der Waals surface area contributed by atoms with Crippen LogP contribution >= 0.6 is 22.9 Å². The van der Waals surface area contributed by atoms with E-state index in [1.54, 1.807) is 6.08 Å². The lowest BCUT2D eigenvalue weighted by Gasteiger charge is -2.19. The molecule has 2 aromatic heterocycles. The van der Waals surface area contributed by atoms with Crippen LogP contribution in [0.1, 0.15) is 37.8 Å². The molecule has 3 rings (SSSR count). The molecule has 0 aromatic carbocycles. The second kappa shape index (κ2) is 8.65. The fraction of sp³-hybridized carbons (Fsp3) is 0.529. The molecule has 5 nitrogen and oxygen atoms in total. The van der Waals surface area contributed by atoms with E-state index in [9.17, 15) is 4.79 Å². The minimum atomic E-state index is -0.0906. The summed E-state index contributed by atoms with van der Waals surface area (Å²) in [7, 11) is 0. The number of carbonyl (C=O) groups is 1. The molecule has 0 saturated carbocycles. The van der Waals surface area contributed by atoms with Gasteiger partial charge in [0.25, 0.3) is 0 Å². The molecule has 1 aliphatic rings. The van der Waals surface area contributed by atoms with Crippen LogP contribution in [0.2, 0.25) is 5.15 Å². The maximum Gasteiger partial charge on any atom is 0.244 e. The molecule has 1 aliphatic heterocycles. The van der Waals surface area contributed by atoms with E-state index in [0.29, 0.717) is 11.7 Å². The van der Waals surface area contributed by atoms with Crippen molar-refractivity contribution in [1.29, 1.82) is 0 Å². The van der Waals surface area contributed by atoms with E-state index < -0.39 is 0 Å². The van der Waals surface area contributed by atoms with Gasteiger partial charge in [0, 0.05) is 24.2 Å². The Hall–Kier alpha value is -1.37. The lowest BCUT2D eigenvalue weighted by atomic mass is 10.2. The number of aromatic nitrogens is 2. The molecule has 0 radical (unpaired) electrons. The van der Waals surface area contributed by atoms with Gasteiger partial charge in [0.05, 0.1) is 5.69 Å². The minimum absolute atomic E-state index is 0.0906. The highest BCUT2D eigenvalue weighted by molar-refractivity contribution is 7.15. The van der Waals surface area contributed by atoms with Crippen molar-refractivity contribution in [3.63, 3.8) is 0 Å². The van der Waals surface area contributed by atoms with Crippen LogP contribution < -0.4 is 5.32 Å². The van der Waals surface area contributed by atoms with Crippen LogP contribution in [0.3, 0.4) is 0 Å². The summed E-state index contributed by atoms with van der Waals surface area (Å²) in [5.74, 6) is -0.0906. The van der Waals surface area contributed by atoms with Crippen molar-refractivity contribution in [3.8, 4) is 0 Å². The molecule has 3 heterocycles. The van der Waals surface area contributed by atoms with Gasteiger partial charge < -0.3 is 10.2 Å². The van der Waals surface area contributed by atoms with Gasteiger partial charge in [-0.2, -0.15) is 0 Å². The number of halogens is 1. The number of carbonyl (C=O) groups excluding carboxylic acids is 1. The fourth-order valence-electron chi connectivity index (χ4n) is 3.01. The highest BCUT2D eigenvalue weighted by atomic mass is 35.5. The Morgan fingerprint density at radius 3 is 2.92 bits per heavy atom. The van der Waals surface area contributed by atoms with Crippen LogP contribution in [0.4, 0.5) is 0 Å². The molecular formula is C17H23ClN4OS. The summed E-state index contributed by atoms with van der Waals surface area (Å²) in [6.07, 6.45) is 11.5. The first-order valence-corrected chi connectivity index (χ1v) is 9.79. The largest absolute Gasteiger partial charge is 0.353 e. The van der Waals surface area contributed by atoms with Crippen LogP contribution in [-0.2, 0) is 4.79 Å². The molecule has 1 fully saturated rings. The summed E-state index contributed by atoms with van der Waals surface area (Å²) in [5, 5.41) is 5.31. The molecule has 1 N–H and O–H groups in total. The van der Waals surface area contributed by atoms with Crippen molar-refractivity contribution >= 4 is 39.9 Å². The van der Waals surface area contributed by atoms with Crippen molar-refractivity contribution in [2.75, 3.05) is 26.2 Å². The van der Waals surface area contributed by atoms with Crippen molar-refractivity contribution in [3.05, 3.63) is 28.5 Å². The molecule has 0 unspecified atom stereocenters. The summed E-state index contributed by atoms with van der Waals surface area (Å²) in [6, 6.07) is 0. The smallest absolute Gasteiger partial charge is 0.244 e. The van der Waals surface area contributed by atoms with Crippen molar-refractivity contribution < 1.29 is 4.79 Å². The van der Waals surface area contributed by atoms with Gasteiger partial charge >= 0.3 is 0 Å². The number of likely N-dealkylation sites (tertiary alicyclic amines) is 1. The van der Waals surface area contributed by atoms with Gasteiger partial charge in [-0.25, -0.2) is 4.98 Å². The molecule has 2 aromatic rings. The van der Waals surface area contributed by atoms with Gasteiger partial charge in [0.1, 0.15) is 0 Å². The summed E-state index contributed by atoms with van der Waals surface area (Å²) in [6.45, 7) is 4.16. The third kappa shape index (κ3) is 4.59. The number of nitrogens with one attached hydrogen (secondary N) is 1. The third-order valence-corrected chi connectivity index (χ3v) is 5.33. The van der Waals surface area contributed by atoms with Crippen LogP contribution in [0.5, 0.6) is 0 Å². The number of thiazole rings is 1. The van der Waals surface area contributed by atoms with Crippen LogP contribution in [0.15, 0.2) is 17.7 Å². The quantitative estimate of drug-likeness (QED) is 0.629. The summed E-state index contributed by atoms with van der Waals surface area (Å²) in [4.78, 5) is 19.5. The Morgan fingerprint density at radius 2 is 2.12 bits per heavy atom. The van der Waals surface area contributed by atoms with Gasteiger partial charge in [-0.15, -0.1) is 11.3 Å². The number of hydrogen-bond donors (Lipinski definition) is 1. The van der Waals surface area contributed by atoms with E-state index in [1.807, 2.05) is 16.0 Å². The predicted molar refractivity (Wildman–Crippen MR) is 99.6 cm³/mol. The first kappa shape index (κ1) is 17.5. The zero-order valence-electron chi connectivity index (χ0n) is 13.7. The second-order valence-corrected chi connectivity index (χ2v) is 7.31. The monoisotopic (exact) mass is 366 g/mol. The van der Waals surface area contributed by atoms with E-state index in [-0.39, 0.29) is 5.91 Å². The molecule has 1 amide bonds. The SMILES string of the molecule is O=C(C=Cc1c(Cl)nc2sccn12)NCCCN1CCCCCC1. The van der Waals surface area contributed by atoms with Gasteiger partial charge in [-0.05, 0) is 45.0 Å². The summed E-state index contributed by atoms with van der Waals surface area (Å²) < 4.78 is 1.89. The van der Waals surface area contributed by atoms with E-state index in [0.717, 1.165) is 23.6 Å². The Labute approximate surface area is 151 Å². The lowest BCUT2D eigenvalue weighted by Crippen LogP contribution is -2.30. The molecule has 24 heavy (non-hydrogen) atoms. The van der Waals surface area contributed by atoms with Gasteiger partial charge in [-0.1, -0.05) is 24.4 Å². The molecule has 130 valence electrons. The summed E-state index contributed by atoms with van der Waals surface area (Å²) in [5.41, 5.74) is 0.743. The van der Waals surface area contributed by atoms with Gasteiger partial charge in [0.2, 0.25) is 5.91 Å². The Balaban J connectivity index is 1.42. The van der Waals surface area contributed by atoms with Crippen LogP contribution in [-0.4, -0.2) is 46.4 Å². The van der Waals surface area contributed by atoms with Crippen molar-refractivity contribution in [2.24, 2.45) is 0 Å². The molecule has 1 saturated heterocycles. The van der Waals surface area contributed by atoms with Crippen molar-refractivity contribution in [1.82, 2.24) is 19.6 Å².